The number of hydrogen-bond donors (Lipinski definition) is 1. The summed E-state index contributed by atoms with van der Waals surface area (Å²) < 4.78 is 0. The minimum Gasteiger partial charge on any atom is -0.366 e. The number of primary amides is 1. The second kappa shape index (κ2) is 12.9. The molecule has 1 amide bonds. The lowest BCUT2D eigenvalue weighted by molar-refractivity contribution is -0.115. The zero-order valence-corrected chi connectivity index (χ0v) is 25.5. The number of amides is 1. The lowest BCUT2D eigenvalue weighted by Crippen LogP contribution is -2.44. The highest BCUT2D eigenvalue weighted by molar-refractivity contribution is 5.95. The fourth-order valence-corrected chi connectivity index (χ4v) is 7.26. The number of aryl methyl sites for hydroxylation is 1. The Labute approximate surface area is 270 Å². The van der Waals surface area contributed by atoms with Gasteiger partial charge in [0.15, 0.2) is 0 Å². The van der Waals surface area contributed by atoms with Gasteiger partial charge in [0, 0.05) is 28.7 Å². The first-order valence-corrected chi connectivity index (χ1v) is 15.3. The summed E-state index contributed by atoms with van der Waals surface area (Å²) in [5, 5.41) is 19.4. The van der Waals surface area contributed by atoms with Crippen molar-refractivity contribution in [2.45, 2.75) is 24.7 Å². The van der Waals surface area contributed by atoms with Crippen LogP contribution in [0.25, 0.3) is 0 Å². The van der Waals surface area contributed by atoms with Crippen LogP contribution >= 0.6 is 0 Å². The van der Waals surface area contributed by atoms with E-state index in [1.165, 1.54) is 0 Å². The van der Waals surface area contributed by atoms with E-state index in [2.05, 4.69) is 73.7 Å². The average Bonchev–Trinajstić information content (AvgIpc) is 3.10. The molecule has 4 heteroatoms. The molecule has 1 aliphatic rings. The van der Waals surface area contributed by atoms with Gasteiger partial charge in [-0.2, -0.15) is 10.5 Å². The van der Waals surface area contributed by atoms with Crippen LogP contribution in [0.4, 0.5) is 0 Å². The zero-order chi connectivity index (χ0) is 32.1. The van der Waals surface area contributed by atoms with Gasteiger partial charge in [0.1, 0.15) is 0 Å². The van der Waals surface area contributed by atoms with Gasteiger partial charge < -0.3 is 5.73 Å². The summed E-state index contributed by atoms with van der Waals surface area (Å²) in [6.07, 6.45) is 6.09. The molecule has 0 radical (unpaired) electrons. The van der Waals surface area contributed by atoms with Gasteiger partial charge in [-0.3, -0.25) is 4.79 Å². The van der Waals surface area contributed by atoms with E-state index in [4.69, 9.17) is 5.73 Å². The van der Waals surface area contributed by atoms with Gasteiger partial charge in [0.05, 0.1) is 23.3 Å². The molecule has 6 rings (SSSR count). The zero-order valence-electron chi connectivity index (χ0n) is 25.5. The van der Waals surface area contributed by atoms with Crippen molar-refractivity contribution in [3.63, 3.8) is 0 Å². The van der Waals surface area contributed by atoms with E-state index in [1.54, 1.807) is 0 Å². The van der Waals surface area contributed by atoms with E-state index < -0.39 is 17.2 Å². The van der Waals surface area contributed by atoms with Gasteiger partial charge in [-0.15, -0.1) is 0 Å². The molecule has 222 valence electrons. The summed E-state index contributed by atoms with van der Waals surface area (Å²) >= 11 is 0. The van der Waals surface area contributed by atoms with Crippen LogP contribution < -0.4 is 5.73 Å². The number of hydrogen-bond acceptors (Lipinski definition) is 3. The normalized spacial score (nSPS) is 18.4. The first kappa shape index (κ1) is 30.1. The van der Waals surface area contributed by atoms with Crippen molar-refractivity contribution >= 4 is 5.91 Å². The van der Waals surface area contributed by atoms with Crippen LogP contribution in [-0.2, 0) is 4.79 Å². The maximum atomic E-state index is 13.5. The fraction of sp³-hybridized carbons (Fsp3) is 0.119. The van der Waals surface area contributed by atoms with Gasteiger partial charge in [0.25, 0.3) is 0 Å². The average molecular weight is 596 g/mol. The minimum absolute atomic E-state index is 0.298. The van der Waals surface area contributed by atoms with Crippen molar-refractivity contribution in [3.8, 4) is 12.1 Å². The van der Waals surface area contributed by atoms with E-state index in [1.807, 2.05) is 97.1 Å². The van der Waals surface area contributed by atoms with E-state index >= 15 is 0 Å². The third-order valence-electron chi connectivity index (χ3n) is 9.18. The molecule has 0 aromatic heterocycles. The topological polar surface area (TPSA) is 90.7 Å². The smallest absolute Gasteiger partial charge is 0.245 e. The van der Waals surface area contributed by atoms with Crippen LogP contribution in [0.3, 0.4) is 0 Å². The molecule has 5 aromatic rings. The van der Waals surface area contributed by atoms with E-state index in [-0.39, 0.29) is 11.8 Å². The van der Waals surface area contributed by atoms with Gasteiger partial charge in [-0.1, -0.05) is 133 Å². The molecular formula is C42H33N3O. The Morgan fingerprint density at radius 3 is 1.50 bits per heavy atom. The Hall–Kier alpha value is -5.97. The molecule has 2 N–H and O–H groups in total. The minimum atomic E-state index is -0.834. The van der Waals surface area contributed by atoms with Crippen molar-refractivity contribution in [1.29, 1.82) is 10.5 Å². The molecule has 5 aromatic carbocycles. The molecule has 0 saturated carbocycles. The Kier molecular flexibility index (Phi) is 8.46. The molecule has 0 aliphatic heterocycles. The SMILES string of the molecule is Cc1ccc(C2C(C(N)=O)=CC=CC2(C(c2ccccc2)c2ccc(C#N)cc2)C(c2ccccc2)c2ccc(C#N)cc2)cc1. The van der Waals surface area contributed by atoms with E-state index in [9.17, 15) is 15.3 Å². The van der Waals surface area contributed by atoms with Gasteiger partial charge in [-0.25, -0.2) is 0 Å². The fourth-order valence-electron chi connectivity index (χ4n) is 7.26. The van der Waals surface area contributed by atoms with E-state index in [0.29, 0.717) is 16.7 Å². The monoisotopic (exact) mass is 595 g/mol. The number of nitrogens with zero attached hydrogens (tertiary/aromatic N) is 2. The number of carbonyl (C=O) groups excluding carboxylic acids is 1. The van der Waals surface area contributed by atoms with Crippen molar-refractivity contribution in [1.82, 2.24) is 0 Å². The third kappa shape index (κ3) is 5.54. The van der Waals surface area contributed by atoms with Gasteiger partial charge >= 0.3 is 0 Å². The largest absolute Gasteiger partial charge is 0.366 e. The summed E-state index contributed by atoms with van der Waals surface area (Å²) in [4.78, 5) is 13.5. The van der Waals surface area contributed by atoms with Crippen LogP contribution in [-0.4, -0.2) is 5.91 Å². The van der Waals surface area contributed by atoms with Crippen molar-refractivity contribution in [2.75, 3.05) is 0 Å². The maximum absolute atomic E-state index is 13.5. The third-order valence-corrected chi connectivity index (χ3v) is 9.18. The summed E-state index contributed by atoms with van der Waals surface area (Å²) in [5.41, 5.74) is 13.3. The molecule has 0 spiro atoms. The van der Waals surface area contributed by atoms with Crippen molar-refractivity contribution < 1.29 is 4.79 Å². The molecule has 3 unspecified atom stereocenters. The molecule has 46 heavy (non-hydrogen) atoms. The van der Waals surface area contributed by atoms with Crippen LogP contribution in [0, 0.1) is 35.0 Å². The van der Waals surface area contributed by atoms with Crippen LogP contribution in [0.2, 0.25) is 0 Å². The van der Waals surface area contributed by atoms with Crippen molar-refractivity contribution in [3.05, 3.63) is 202 Å². The first-order valence-electron chi connectivity index (χ1n) is 15.3. The van der Waals surface area contributed by atoms with Gasteiger partial charge in [-0.05, 0) is 59.0 Å². The predicted octanol–water partition coefficient (Wildman–Crippen LogP) is 8.45. The van der Waals surface area contributed by atoms with Crippen LogP contribution in [0.15, 0.2) is 157 Å². The summed E-state index contributed by atoms with van der Waals surface area (Å²) in [5.74, 6) is -1.53. The Morgan fingerprint density at radius 1 is 0.652 bits per heavy atom. The van der Waals surface area contributed by atoms with Crippen LogP contribution in [0.5, 0.6) is 0 Å². The van der Waals surface area contributed by atoms with Crippen molar-refractivity contribution in [2.24, 2.45) is 11.1 Å². The Bertz CT molecular complexity index is 1880. The first-order chi connectivity index (χ1) is 22.5. The molecule has 1 aliphatic carbocycles. The maximum Gasteiger partial charge on any atom is 0.245 e. The molecule has 0 heterocycles. The number of nitriles is 2. The number of rotatable bonds is 8. The molecule has 4 nitrogen and oxygen atoms in total. The highest BCUT2D eigenvalue weighted by Gasteiger charge is 2.54. The second-order valence-electron chi connectivity index (χ2n) is 11.8. The molecule has 3 atom stereocenters. The van der Waals surface area contributed by atoms with E-state index in [0.717, 1.165) is 33.4 Å². The van der Waals surface area contributed by atoms with Gasteiger partial charge in [0.2, 0.25) is 5.91 Å². The molecule has 0 saturated heterocycles. The molecule has 0 fully saturated rings. The lowest BCUT2D eigenvalue weighted by Gasteiger charge is -2.52. The number of nitrogens with two attached hydrogens (primary N) is 1. The standard InChI is InChI=1S/C42H33N3O/c1-29-14-20-36(21-15-29)40-37(41(45)46)13-8-26-42(40,38(32-9-4-2-5-10-32)34-22-16-30(27-43)17-23-34)39(33-11-6-3-7-12-33)35-24-18-31(28-44)19-25-35/h2-26,38-40H,1H3,(H2,45,46). The summed E-state index contributed by atoms with van der Waals surface area (Å²) in [6.45, 7) is 2.05. The summed E-state index contributed by atoms with van der Waals surface area (Å²) in [6, 6.07) is 49.1. The molecule has 0 bridgehead atoms. The molecular weight excluding hydrogens is 562 g/mol. The lowest BCUT2D eigenvalue weighted by atomic mass is 9.49. The number of carbonyl (C=O) groups is 1. The highest BCUT2D eigenvalue weighted by atomic mass is 16.1. The Balaban J connectivity index is 1.78. The predicted molar refractivity (Wildman–Crippen MR) is 182 cm³/mol. The quantitative estimate of drug-likeness (QED) is 0.195. The number of allylic oxidation sites excluding steroid dienone is 3. The number of benzene rings is 5. The Morgan fingerprint density at radius 2 is 1.09 bits per heavy atom. The van der Waals surface area contributed by atoms with Crippen LogP contribution in [0.1, 0.15) is 62.3 Å². The summed E-state index contributed by atoms with van der Waals surface area (Å²) in [7, 11) is 0. The second-order valence-corrected chi connectivity index (χ2v) is 11.8. The highest BCUT2D eigenvalue weighted by Crippen LogP contribution is 2.63.